The molecule has 0 heterocycles. The van der Waals surface area contributed by atoms with Gasteiger partial charge in [0.15, 0.2) is 0 Å². The molecule has 0 atom stereocenters. The highest BCUT2D eigenvalue weighted by molar-refractivity contribution is 7.91. The highest BCUT2D eigenvalue weighted by Crippen LogP contribution is 2.15. The Morgan fingerprint density at radius 2 is 2.12 bits per heavy atom. The molecule has 8 heteroatoms. The van der Waals surface area contributed by atoms with Crippen LogP contribution in [0.3, 0.4) is 0 Å². The van der Waals surface area contributed by atoms with Crippen molar-refractivity contribution in [3.63, 3.8) is 0 Å². The lowest BCUT2D eigenvalue weighted by Gasteiger charge is -2.08. The summed E-state index contributed by atoms with van der Waals surface area (Å²) in [7, 11) is -3.01. The molecular weight excluding hydrogens is 236 g/mol. The van der Waals surface area contributed by atoms with Crippen LogP contribution in [0.2, 0.25) is 0 Å². The number of anilines is 1. The van der Waals surface area contributed by atoms with Crippen molar-refractivity contribution in [3.05, 3.63) is 24.3 Å². The lowest BCUT2D eigenvalue weighted by molar-refractivity contribution is 0.177. The van der Waals surface area contributed by atoms with Gasteiger partial charge in [-0.05, 0) is 12.1 Å². The zero-order valence-electron chi connectivity index (χ0n) is 8.30. The van der Waals surface area contributed by atoms with Crippen LogP contribution in [0.25, 0.3) is 0 Å². The van der Waals surface area contributed by atoms with E-state index >= 15 is 0 Å². The highest BCUT2D eigenvalue weighted by atomic mass is 32.2. The number of nitrogens with one attached hydrogen (secondary N) is 2. The smallest absolute Gasteiger partial charge is 0.422 e. The zero-order valence-corrected chi connectivity index (χ0v) is 9.11. The number of ether oxygens (including phenoxy) is 1. The molecule has 0 aliphatic rings. The first kappa shape index (κ1) is 12.1. The van der Waals surface area contributed by atoms with Gasteiger partial charge in [0.05, 0.1) is 12.8 Å². The Bertz CT molecular complexity index is 485. The van der Waals surface area contributed by atoms with Crippen LogP contribution in [0, 0.1) is 0 Å². The van der Waals surface area contributed by atoms with E-state index in [0.717, 1.165) is 7.11 Å². The van der Waals surface area contributed by atoms with E-state index in [1.165, 1.54) is 24.3 Å². The number of carbonyl (C=O) groups is 1. The van der Waals surface area contributed by atoms with E-state index in [1.54, 1.807) is 4.72 Å². The summed E-state index contributed by atoms with van der Waals surface area (Å²) >= 11 is 0. The molecular formula is C8H10N2O5S. The minimum Gasteiger partial charge on any atom is -0.508 e. The molecule has 88 valence electrons. The molecule has 0 saturated heterocycles. The molecule has 0 saturated carbocycles. The molecule has 16 heavy (non-hydrogen) atoms. The van der Waals surface area contributed by atoms with Crippen molar-refractivity contribution in [1.82, 2.24) is 4.72 Å². The van der Waals surface area contributed by atoms with Gasteiger partial charge >= 0.3 is 16.3 Å². The van der Waals surface area contributed by atoms with Gasteiger partial charge in [0, 0.05) is 6.07 Å². The largest absolute Gasteiger partial charge is 0.508 e. The Labute approximate surface area is 92.2 Å². The summed E-state index contributed by atoms with van der Waals surface area (Å²) in [5.41, 5.74) is 0.122. The Balaban J connectivity index is 2.77. The molecule has 3 N–H and O–H groups in total. The van der Waals surface area contributed by atoms with Gasteiger partial charge in [0.1, 0.15) is 5.75 Å². The fourth-order valence-corrected chi connectivity index (χ4v) is 1.69. The van der Waals surface area contributed by atoms with Gasteiger partial charge in [0.25, 0.3) is 0 Å². The number of hydrogen-bond donors (Lipinski definition) is 3. The molecule has 7 nitrogen and oxygen atoms in total. The number of aromatic hydroxyl groups is 1. The summed E-state index contributed by atoms with van der Waals surface area (Å²) in [6.45, 7) is 0. The molecule has 0 fully saturated rings. The number of hydrogen-bond acceptors (Lipinski definition) is 5. The number of phenolic OH excluding ortho intramolecular Hbond substituents is 1. The maximum absolute atomic E-state index is 11.3. The maximum Gasteiger partial charge on any atom is 0.422 e. The average molecular weight is 246 g/mol. The molecule has 0 radical (unpaired) electrons. The normalized spacial score (nSPS) is 10.6. The number of amides is 1. The van der Waals surface area contributed by atoms with Crippen molar-refractivity contribution < 1.29 is 23.1 Å². The van der Waals surface area contributed by atoms with Crippen LogP contribution in [0.5, 0.6) is 5.75 Å². The molecule has 1 rings (SSSR count). The third kappa shape index (κ3) is 3.65. The highest BCUT2D eigenvalue weighted by Gasteiger charge is 2.14. The summed E-state index contributed by atoms with van der Waals surface area (Å²) in [5.74, 6) is -0.0988. The average Bonchev–Trinajstić information content (AvgIpc) is 2.15. The predicted molar refractivity (Wildman–Crippen MR) is 56.2 cm³/mol. The van der Waals surface area contributed by atoms with Crippen molar-refractivity contribution in [1.29, 1.82) is 0 Å². The Hall–Kier alpha value is -1.96. The Morgan fingerprint density at radius 1 is 1.44 bits per heavy atom. The SMILES string of the molecule is COC(=O)NS(=O)(=O)Nc1cccc(O)c1. The minimum absolute atomic E-state index is 0.0988. The second kappa shape index (κ2) is 4.71. The molecule has 1 aromatic rings. The lowest BCUT2D eigenvalue weighted by Crippen LogP contribution is -2.35. The van der Waals surface area contributed by atoms with E-state index in [2.05, 4.69) is 4.74 Å². The van der Waals surface area contributed by atoms with Crippen molar-refractivity contribution in [3.8, 4) is 5.75 Å². The summed E-state index contributed by atoms with van der Waals surface area (Å²) < 4.78 is 30.3. The number of benzene rings is 1. The van der Waals surface area contributed by atoms with Crippen molar-refractivity contribution in [2.75, 3.05) is 11.8 Å². The number of rotatable bonds is 3. The van der Waals surface area contributed by atoms with Crippen LogP contribution in [-0.2, 0) is 14.9 Å². The number of methoxy groups -OCH3 is 1. The summed E-state index contributed by atoms with van der Waals surface area (Å²) in [6.07, 6.45) is -1.10. The molecule has 0 spiro atoms. The van der Waals surface area contributed by atoms with E-state index in [0.29, 0.717) is 0 Å². The van der Waals surface area contributed by atoms with E-state index < -0.39 is 16.3 Å². The van der Waals surface area contributed by atoms with Crippen LogP contribution in [0.1, 0.15) is 0 Å². The first-order valence-corrected chi connectivity index (χ1v) is 5.59. The number of carbonyl (C=O) groups excluding carboxylic acids is 1. The third-order valence-corrected chi connectivity index (χ3v) is 2.44. The first-order valence-electron chi connectivity index (χ1n) is 4.10. The summed E-state index contributed by atoms with van der Waals surface area (Å²) in [5, 5.41) is 9.09. The minimum atomic E-state index is -4.05. The summed E-state index contributed by atoms with van der Waals surface area (Å²) in [4.78, 5) is 10.7. The van der Waals surface area contributed by atoms with Gasteiger partial charge in [-0.1, -0.05) is 6.07 Å². The van der Waals surface area contributed by atoms with Crippen molar-refractivity contribution in [2.24, 2.45) is 0 Å². The molecule has 0 aliphatic carbocycles. The van der Waals surface area contributed by atoms with Gasteiger partial charge in [-0.25, -0.2) is 9.52 Å². The van der Waals surface area contributed by atoms with E-state index in [-0.39, 0.29) is 11.4 Å². The lowest BCUT2D eigenvalue weighted by atomic mass is 10.3. The summed E-state index contributed by atoms with van der Waals surface area (Å²) in [6, 6.07) is 5.43. The predicted octanol–water partition coefficient (Wildman–Crippen LogP) is 0.405. The van der Waals surface area contributed by atoms with Gasteiger partial charge < -0.3 is 9.84 Å². The molecule has 1 amide bonds. The fourth-order valence-electron chi connectivity index (χ4n) is 0.901. The van der Waals surface area contributed by atoms with E-state index in [4.69, 9.17) is 5.11 Å². The Morgan fingerprint density at radius 3 is 2.69 bits per heavy atom. The standard InChI is InChI=1S/C8H10N2O5S/c1-15-8(12)10-16(13,14)9-6-3-2-4-7(11)5-6/h2-5,9,11H,1H3,(H,10,12). The number of phenols is 1. The molecule has 1 aromatic carbocycles. The van der Waals surface area contributed by atoms with Crippen LogP contribution in [-0.4, -0.2) is 26.7 Å². The van der Waals surface area contributed by atoms with Crippen molar-refractivity contribution >= 4 is 22.0 Å². The van der Waals surface area contributed by atoms with Crippen molar-refractivity contribution in [2.45, 2.75) is 0 Å². The maximum atomic E-state index is 11.3. The fraction of sp³-hybridized carbons (Fsp3) is 0.125. The first-order chi connectivity index (χ1) is 7.43. The molecule has 0 aliphatic heterocycles. The molecule has 0 unspecified atom stereocenters. The Kier molecular flexibility index (Phi) is 3.56. The topological polar surface area (TPSA) is 105 Å². The monoisotopic (exact) mass is 246 g/mol. The van der Waals surface area contributed by atoms with Gasteiger partial charge in [-0.3, -0.25) is 4.72 Å². The third-order valence-electron chi connectivity index (χ3n) is 1.50. The van der Waals surface area contributed by atoms with E-state index in [1.807, 2.05) is 4.72 Å². The van der Waals surface area contributed by atoms with Gasteiger partial charge in [-0.2, -0.15) is 8.42 Å². The second-order valence-corrected chi connectivity index (χ2v) is 4.16. The molecule has 0 bridgehead atoms. The van der Waals surface area contributed by atoms with E-state index in [9.17, 15) is 13.2 Å². The van der Waals surface area contributed by atoms with Gasteiger partial charge in [-0.15, -0.1) is 0 Å². The quantitative estimate of drug-likeness (QED) is 0.716. The van der Waals surface area contributed by atoms with Gasteiger partial charge in [0.2, 0.25) is 0 Å². The molecule has 0 aromatic heterocycles. The van der Waals surface area contributed by atoms with Crippen LogP contribution in [0.15, 0.2) is 24.3 Å². The van der Waals surface area contributed by atoms with Crippen LogP contribution in [0.4, 0.5) is 10.5 Å². The van der Waals surface area contributed by atoms with Crippen LogP contribution >= 0.6 is 0 Å². The zero-order chi connectivity index (χ0) is 12.2. The van der Waals surface area contributed by atoms with Crippen LogP contribution < -0.4 is 9.44 Å². The second-order valence-electron chi connectivity index (χ2n) is 2.75.